The monoisotopic (exact) mass is 724 g/mol. The summed E-state index contributed by atoms with van der Waals surface area (Å²) in [6.45, 7) is 0. The summed E-state index contributed by atoms with van der Waals surface area (Å²) in [6, 6.07) is 68.1. The number of ether oxygens (including phenoxy) is 1. The topological polar surface area (TPSA) is 9.23 Å². The van der Waals surface area contributed by atoms with Crippen molar-refractivity contribution in [1.29, 1.82) is 0 Å². The third-order valence-electron chi connectivity index (χ3n) is 13.8. The number of hydrogen-bond acceptors (Lipinski definition) is 1. The molecule has 0 N–H and O–H groups in total. The fourth-order valence-electron chi connectivity index (χ4n) is 11.7. The Labute approximate surface area is 332 Å². The standard InChI is InChI=1S/C56H36O/c1-2-17-37(42-23-15-30-50-54(42)43-22-7-12-28-48(43)55(50)44-24-8-3-18-38(44)39-19-4-9-25-45(39)55)36(16-1)35-32-33-53-51(34-35)56(49-29-13-14-31-52(49)57-53)46-26-10-5-20-40(46)41-21-6-11-27-47(41)56/h1-16,18-34,37H,17H2. The van der Waals surface area contributed by atoms with E-state index in [0.717, 1.165) is 17.9 Å². The fourth-order valence-corrected chi connectivity index (χ4v) is 11.7. The van der Waals surface area contributed by atoms with Gasteiger partial charge in [-0.2, -0.15) is 0 Å². The normalized spacial score (nSPS) is 17.3. The number of para-hydroxylation sites is 1. The molecule has 1 nitrogen and oxygen atoms in total. The Hall–Kier alpha value is -6.96. The van der Waals surface area contributed by atoms with Gasteiger partial charge < -0.3 is 4.74 Å². The lowest BCUT2D eigenvalue weighted by Gasteiger charge is -2.40. The molecule has 0 radical (unpaired) electrons. The first kappa shape index (κ1) is 31.3. The van der Waals surface area contributed by atoms with Gasteiger partial charge >= 0.3 is 0 Å². The maximum Gasteiger partial charge on any atom is 0.132 e. The van der Waals surface area contributed by atoms with Gasteiger partial charge in [0.1, 0.15) is 11.5 Å². The second-order valence-corrected chi connectivity index (χ2v) is 16.1. The van der Waals surface area contributed by atoms with Crippen LogP contribution < -0.4 is 4.74 Å². The Kier molecular flexibility index (Phi) is 6.20. The Bertz CT molecular complexity index is 3010. The average Bonchev–Trinajstić information content (AvgIpc) is 3.87. The molecule has 1 aliphatic heterocycles. The van der Waals surface area contributed by atoms with Crippen LogP contribution in [0.4, 0.5) is 0 Å². The van der Waals surface area contributed by atoms with Gasteiger partial charge in [-0.05, 0) is 108 Å². The first-order valence-corrected chi connectivity index (χ1v) is 20.2. The molecule has 1 heteroatoms. The van der Waals surface area contributed by atoms with Crippen LogP contribution in [0.1, 0.15) is 68.0 Å². The van der Waals surface area contributed by atoms with E-state index in [0.29, 0.717) is 0 Å². The number of allylic oxidation sites excluding steroid dienone is 4. The molecular formula is C56H36O. The summed E-state index contributed by atoms with van der Waals surface area (Å²) in [4.78, 5) is 0. The van der Waals surface area contributed by atoms with E-state index in [2.05, 4.69) is 200 Å². The van der Waals surface area contributed by atoms with Crippen LogP contribution in [-0.4, -0.2) is 0 Å². The summed E-state index contributed by atoms with van der Waals surface area (Å²) in [5.74, 6) is 2.00. The number of hydrogen-bond donors (Lipinski definition) is 0. The minimum atomic E-state index is -0.503. The van der Waals surface area contributed by atoms with Crippen LogP contribution in [0.15, 0.2) is 200 Å². The van der Waals surface area contributed by atoms with Gasteiger partial charge in [-0.1, -0.05) is 182 Å². The van der Waals surface area contributed by atoms with Crippen LogP contribution >= 0.6 is 0 Å². The maximum absolute atomic E-state index is 6.83. The first-order chi connectivity index (χ1) is 28.3. The molecular weight excluding hydrogens is 689 g/mol. The van der Waals surface area contributed by atoms with Crippen molar-refractivity contribution in [2.24, 2.45) is 0 Å². The van der Waals surface area contributed by atoms with Gasteiger partial charge in [0.25, 0.3) is 0 Å². The van der Waals surface area contributed by atoms with Crippen LogP contribution in [0.5, 0.6) is 11.5 Å². The summed E-state index contributed by atoms with van der Waals surface area (Å²) < 4.78 is 6.83. The number of benzene rings is 8. The van der Waals surface area contributed by atoms with Crippen molar-refractivity contribution in [3.8, 4) is 44.9 Å². The Morgan fingerprint density at radius 2 is 0.877 bits per heavy atom. The molecule has 0 amide bonds. The van der Waals surface area contributed by atoms with Gasteiger partial charge in [0.2, 0.25) is 0 Å². The molecule has 57 heavy (non-hydrogen) atoms. The van der Waals surface area contributed by atoms with E-state index in [4.69, 9.17) is 4.74 Å². The zero-order valence-electron chi connectivity index (χ0n) is 31.2. The van der Waals surface area contributed by atoms with E-state index in [1.165, 1.54) is 94.6 Å². The highest BCUT2D eigenvalue weighted by Gasteiger charge is 2.53. The van der Waals surface area contributed by atoms with Crippen molar-refractivity contribution in [2.75, 3.05) is 0 Å². The molecule has 5 aliphatic rings. The van der Waals surface area contributed by atoms with E-state index in [1.807, 2.05) is 0 Å². The molecule has 1 heterocycles. The van der Waals surface area contributed by atoms with E-state index in [9.17, 15) is 0 Å². The first-order valence-electron chi connectivity index (χ1n) is 20.2. The molecule has 8 aromatic rings. The molecule has 1 atom stereocenters. The summed E-state index contributed by atoms with van der Waals surface area (Å²) in [7, 11) is 0. The van der Waals surface area contributed by atoms with Crippen LogP contribution in [0.3, 0.4) is 0 Å². The second-order valence-electron chi connectivity index (χ2n) is 16.1. The van der Waals surface area contributed by atoms with Gasteiger partial charge in [-0.3, -0.25) is 0 Å². The van der Waals surface area contributed by atoms with E-state index >= 15 is 0 Å². The lowest BCUT2D eigenvalue weighted by atomic mass is 9.65. The van der Waals surface area contributed by atoms with Crippen molar-refractivity contribution < 1.29 is 4.74 Å². The highest BCUT2D eigenvalue weighted by molar-refractivity contribution is 5.97. The molecule has 13 rings (SSSR count). The molecule has 2 spiro atoms. The van der Waals surface area contributed by atoms with E-state index < -0.39 is 5.41 Å². The third-order valence-corrected chi connectivity index (χ3v) is 13.8. The smallest absolute Gasteiger partial charge is 0.132 e. The van der Waals surface area contributed by atoms with Crippen LogP contribution in [0, 0.1) is 0 Å². The van der Waals surface area contributed by atoms with Gasteiger partial charge in [0.05, 0.1) is 10.8 Å². The molecule has 1 unspecified atom stereocenters. The predicted molar refractivity (Wildman–Crippen MR) is 231 cm³/mol. The predicted octanol–water partition coefficient (Wildman–Crippen LogP) is 13.6. The fraction of sp³-hybridized carbons (Fsp3) is 0.0714. The lowest BCUT2D eigenvalue weighted by Crippen LogP contribution is -2.32. The molecule has 0 saturated heterocycles. The van der Waals surface area contributed by atoms with Crippen molar-refractivity contribution in [1.82, 2.24) is 0 Å². The van der Waals surface area contributed by atoms with Crippen molar-refractivity contribution in [3.05, 3.63) is 256 Å². The lowest BCUT2D eigenvalue weighted by molar-refractivity contribution is 0.436. The third kappa shape index (κ3) is 3.80. The van der Waals surface area contributed by atoms with Gasteiger partial charge in [0.15, 0.2) is 0 Å². The van der Waals surface area contributed by atoms with Gasteiger partial charge in [-0.25, -0.2) is 0 Å². The summed E-state index contributed by atoms with van der Waals surface area (Å²) in [6.07, 6.45) is 7.91. The van der Waals surface area contributed by atoms with Crippen LogP contribution in [-0.2, 0) is 10.8 Å². The molecule has 0 fully saturated rings. The van der Waals surface area contributed by atoms with E-state index in [1.54, 1.807) is 0 Å². The zero-order valence-corrected chi connectivity index (χ0v) is 31.2. The molecule has 4 aliphatic carbocycles. The Morgan fingerprint density at radius 1 is 0.404 bits per heavy atom. The molecule has 266 valence electrons. The van der Waals surface area contributed by atoms with E-state index in [-0.39, 0.29) is 11.3 Å². The largest absolute Gasteiger partial charge is 0.457 e. The minimum absolute atomic E-state index is 0.161. The summed E-state index contributed by atoms with van der Waals surface area (Å²) >= 11 is 0. The second kappa shape index (κ2) is 11.3. The molecule has 0 saturated carbocycles. The van der Waals surface area contributed by atoms with Gasteiger partial charge in [0, 0.05) is 17.0 Å². The molecule has 0 aromatic heterocycles. The van der Waals surface area contributed by atoms with Crippen LogP contribution in [0.2, 0.25) is 0 Å². The summed E-state index contributed by atoms with van der Waals surface area (Å²) in [5.41, 5.74) is 21.6. The van der Waals surface area contributed by atoms with Crippen molar-refractivity contribution >= 4 is 5.57 Å². The van der Waals surface area contributed by atoms with Crippen LogP contribution in [0.25, 0.3) is 39.0 Å². The highest BCUT2D eigenvalue weighted by atomic mass is 16.5. The SMILES string of the molecule is C1=CCC(c2cccc3c2-c2ccccc2C32c3ccccc3-c3ccccc32)C(c2ccc3c(c2)C2(c4ccccc4O3)c3ccccc3-c3ccccc32)=C1. The summed E-state index contributed by atoms with van der Waals surface area (Å²) in [5, 5.41) is 0. The zero-order chi connectivity index (χ0) is 37.3. The maximum atomic E-state index is 6.83. The Morgan fingerprint density at radius 3 is 1.49 bits per heavy atom. The van der Waals surface area contributed by atoms with Gasteiger partial charge in [-0.15, -0.1) is 0 Å². The Balaban J connectivity index is 1.03. The number of rotatable bonds is 2. The average molecular weight is 725 g/mol. The molecule has 0 bridgehead atoms. The number of fused-ring (bicyclic) bond motifs is 19. The minimum Gasteiger partial charge on any atom is -0.457 e. The quantitative estimate of drug-likeness (QED) is 0.172. The molecule has 8 aromatic carbocycles. The van der Waals surface area contributed by atoms with Crippen molar-refractivity contribution in [3.63, 3.8) is 0 Å². The highest BCUT2D eigenvalue weighted by Crippen LogP contribution is 2.65. The van der Waals surface area contributed by atoms with Crippen molar-refractivity contribution in [2.45, 2.75) is 23.2 Å².